The second-order valence-corrected chi connectivity index (χ2v) is 3.71. The first-order chi connectivity index (χ1) is 5.98. The van der Waals surface area contributed by atoms with Gasteiger partial charge in [-0.2, -0.15) is 0 Å². The first-order valence-corrected chi connectivity index (χ1v) is 4.48. The molecule has 0 aromatic heterocycles. The Morgan fingerprint density at radius 1 is 1.38 bits per heavy atom. The minimum Gasteiger partial charge on any atom is -0.475 e. The minimum absolute atomic E-state index is 0.246. The van der Waals surface area contributed by atoms with Crippen LogP contribution >= 0.6 is 0 Å². The van der Waals surface area contributed by atoms with Crippen molar-refractivity contribution in [3.8, 4) is 0 Å². The van der Waals surface area contributed by atoms with E-state index < -0.39 is 17.4 Å². The number of carbonyl (C=O) groups excluding carboxylic acids is 1. The van der Waals surface area contributed by atoms with Gasteiger partial charge in [0.2, 0.25) is 0 Å². The average Bonchev–Trinajstić information content (AvgIpc) is 2.09. The molecule has 1 fully saturated rings. The van der Waals surface area contributed by atoms with Crippen molar-refractivity contribution in [2.24, 2.45) is 5.92 Å². The van der Waals surface area contributed by atoms with Gasteiger partial charge in [-0.3, -0.25) is 4.79 Å². The van der Waals surface area contributed by atoms with Crippen LogP contribution in [-0.2, 0) is 9.59 Å². The molecule has 2 N–H and O–H groups in total. The van der Waals surface area contributed by atoms with Gasteiger partial charge in [-0.25, -0.2) is 4.79 Å². The highest BCUT2D eigenvalue weighted by Gasteiger charge is 2.45. The molecule has 0 heterocycles. The largest absolute Gasteiger partial charge is 0.475 e. The number of carboxylic acids is 1. The van der Waals surface area contributed by atoms with Crippen molar-refractivity contribution < 1.29 is 19.8 Å². The van der Waals surface area contributed by atoms with Crippen molar-refractivity contribution in [3.05, 3.63) is 0 Å². The molecule has 0 amide bonds. The molecule has 1 rings (SSSR count). The molecule has 0 unspecified atom stereocenters. The Balaban J connectivity index is 2.83. The van der Waals surface area contributed by atoms with Gasteiger partial charge in [-0.1, -0.05) is 19.8 Å². The third kappa shape index (κ3) is 1.72. The Hall–Kier alpha value is -0.900. The van der Waals surface area contributed by atoms with E-state index in [0.717, 1.165) is 19.3 Å². The highest BCUT2D eigenvalue weighted by Crippen LogP contribution is 2.34. The fraction of sp³-hybridized carbons (Fsp3) is 0.778. The minimum atomic E-state index is -1.62. The summed E-state index contributed by atoms with van der Waals surface area (Å²) in [5, 5.41) is 18.4. The van der Waals surface area contributed by atoms with E-state index in [1.165, 1.54) is 0 Å². The molecule has 2 atom stereocenters. The van der Waals surface area contributed by atoms with Gasteiger partial charge in [0.15, 0.2) is 0 Å². The summed E-state index contributed by atoms with van der Waals surface area (Å²) in [5.41, 5.74) is -1.62. The maximum Gasteiger partial charge on any atom is 0.375 e. The van der Waals surface area contributed by atoms with E-state index in [-0.39, 0.29) is 12.3 Å². The van der Waals surface area contributed by atoms with Gasteiger partial charge >= 0.3 is 5.97 Å². The lowest BCUT2D eigenvalue weighted by molar-refractivity contribution is -0.164. The summed E-state index contributed by atoms with van der Waals surface area (Å²) in [6.07, 6.45) is 2.67. The van der Waals surface area contributed by atoms with Crippen LogP contribution in [0.4, 0.5) is 0 Å². The molecular formula is C9H14O4. The molecule has 0 aliphatic heterocycles. The van der Waals surface area contributed by atoms with Gasteiger partial charge in [-0.15, -0.1) is 0 Å². The highest BCUT2D eigenvalue weighted by molar-refractivity contribution is 6.36. The number of aliphatic carboxylic acids is 1. The molecule has 74 valence electrons. The normalized spacial score (nSPS) is 34.2. The zero-order valence-electron chi connectivity index (χ0n) is 7.62. The van der Waals surface area contributed by atoms with Crippen molar-refractivity contribution in [2.45, 2.75) is 38.2 Å². The van der Waals surface area contributed by atoms with Crippen molar-refractivity contribution >= 4 is 11.8 Å². The zero-order chi connectivity index (χ0) is 10.1. The smallest absolute Gasteiger partial charge is 0.375 e. The van der Waals surface area contributed by atoms with Crippen molar-refractivity contribution in [3.63, 3.8) is 0 Å². The summed E-state index contributed by atoms with van der Waals surface area (Å²) >= 11 is 0. The molecule has 0 bridgehead atoms. The molecule has 1 aliphatic carbocycles. The van der Waals surface area contributed by atoms with Crippen LogP contribution in [0.15, 0.2) is 0 Å². The van der Waals surface area contributed by atoms with Gasteiger partial charge < -0.3 is 10.2 Å². The van der Waals surface area contributed by atoms with Gasteiger partial charge in [0.25, 0.3) is 5.78 Å². The maximum atomic E-state index is 11.2. The Morgan fingerprint density at radius 3 is 2.46 bits per heavy atom. The molecule has 1 saturated carbocycles. The quantitative estimate of drug-likeness (QED) is 0.618. The Bertz CT molecular complexity index is 236. The Morgan fingerprint density at radius 2 is 2.00 bits per heavy atom. The number of carboxylic acid groups (broad SMARTS) is 1. The monoisotopic (exact) mass is 186 g/mol. The van der Waals surface area contributed by atoms with E-state index in [4.69, 9.17) is 5.11 Å². The first-order valence-electron chi connectivity index (χ1n) is 4.48. The molecule has 0 saturated heterocycles. The third-order valence-electron chi connectivity index (χ3n) is 2.85. The molecule has 0 aromatic carbocycles. The van der Waals surface area contributed by atoms with Crippen molar-refractivity contribution in [1.82, 2.24) is 0 Å². The summed E-state index contributed by atoms with van der Waals surface area (Å²) in [4.78, 5) is 21.6. The number of ketones is 1. The van der Waals surface area contributed by atoms with Gasteiger partial charge in [0, 0.05) is 0 Å². The number of carbonyl (C=O) groups is 2. The van der Waals surface area contributed by atoms with Gasteiger partial charge in [0.05, 0.1) is 0 Å². The van der Waals surface area contributed by atoms with Gasteiger partial charge in [-0.05, 0) is 18.8 Å². The second kappa shape index (κ2) is 3.46. The fourth-order valence-corrected chi connectivity index (χ4v) is 1.85. The van der Waals surface area contributed by atoms with E-state index in [0.29, 0.717) is 0 Å². The van der Waals surface area contributed by atoms with E-state index in [1.807, 2.05) is 0 Å². The SMILES string of the molecule is C[C@H]1CCCC[C@@]1(O)C(=O)C(=O)O. The van der Waals surface area contributed by atoms with Gasteiger partial charge in [0.1, 0.15) is 5.60 Å². The molecule has 0 radical (unpaired) electrons. The van der Waals surface area contributed by atoms with Crippen LogP contribution in [0, 0.1) is 5.92 Å². The third-order valence-corrected chi connectivity index (χ3v) is 2.85. The van der Waals surface area contributed by atoms with E-state index in [9.17, 15) is 14.7 Å². The fourth-order valence-electron chi connectivity index (χ4n) is 1.85. The van der Waals surface area contributed by atoms with Crippen LogP contribution in [0.1, 0.15) is 32.6 Å². The van der Waals surface area contributed by atoms with Crippen LogP contribution < -0.4 is 0 Å². The van der Waals surface area contributed by atoms with E-state index in [1.54, 1.807) is 6.92 Å². The van der Waals surface area contributed by atoms with Crippen molar-refractivity contribution in [2.75, 3.05) is 0 Å². The lowest BCUT2D eigenvalue weighted by Crippen LogP contribution is -2.49. The number of hydrogen-bond acceptors (Lipinski definition) is 3. The zero-order valence-corrected chi connectivity index (χ0v) is 7.62. The van der Waals surface area contributed by atoms with Crippen LogP contribution in [0.2, 0.25) is 0 Å². The average molecular weight is 186 g/mol. The second-order valence-electron chi connectivity index (χ2n) is 3.71. The van der Waals surface area contributed by atoms with E-state index >= 15 is 0 Å². The number of Topliss-reactive ketones (excluding diaryl/α,β-unsaturated/α-hetero) is 1. The molecule has 0 spiro atoms. The summed E-state index contributed by atoms with van der Waals surface area (Å²) in [6.45, 7) is 1.72. The Kier molecular flexibility index (Phi) is 2.71. The molecule has 0 aromatic rings. The lowest BCUT2D eigenvalue weighted by atomic mass is 9.74. The van der Waals surface area contributed by atoms with Crippen LogP contribution in [0.5, 0.6) is 0 Å². The molecule has 1 aliphatic rings. The molecule has 4 heteroatoms. The predicted molar refractivity (Wildman–Crippen MR) is 45.2 cm³/mol. The summed E-state index contributed by atoms with van der Waals surface area (Å²) < 4.78 is 0. The highest BCUT2D eigenvalue weighted by atomic mass is 16.4. The molecule has 13 heavy (non-hydrogen) atoms. The molecule has 4 nitrogen and oxygen atoms in total. The van der Waals surface area contributed by atoms with E-state index in [2.05, 4.69) is 0 Å². The maximum absolute atomic E-state index is 11.2. The molecular weight excluding hydrogens is 172 g/mol. The topological polar surface area (TPSA) is 74.6 Å². The van der Waals surface area contributed by atoms with Crippen LogP contribution in [0.3, 0.4) is 0 Å². The predicted octanol–water partition coefficient (Wildman–Crippen LogP) is 0.581. The van der Waals surface area contributed by atoms with Crippen LogP contribution in [-0.4, -0.2) is 27.6 Å². The summed E-state index contributed by atoms with van der Waals surface area (Å²) in [5.74, 6) is -2.83. The standard InChI is InChI=1S/C9H14O4/c1-6-4-2-3-5-9(6,13)7(10)8(11)12/h6,13H,2-5H2,1H3,(H,11,12)/t6-,9-/m0/s1. The lowest BCUT2D eigenvalue weighted by Gasteiger charge is -2.35. The number of aliphatic hydroxyl groups is 1. The van der Waals surface area contributed by atoms with Crippen LogP contribution in [0.25, 0.3) is 0 Å². The summed E-state index contributed by atoms with van der Waals surface area (Å²) in [7, 11) is 0. The Labute approximate surface area is 76.6 Å². The number of rotatable bonds is 2. The van der Waals surface area contributed by atoms with Crippen molar-refractivity contribution in [1.29, 1.82) is 0 Å². The first kappa shape index (κ1) is 10.2. The number of hydrogen-bond donors (Lipinski definition) is 2. The summed E-state index contributed by atoms with van der Waals surface area (Å²) in [6, 6.07) is 0.